The van der Waals surface area contributed by atoms with E-state index < -0.39 is 17.1 Å². The number of benzene rings is 1. The summed E-state index contributed by atoms with van der Waals surface area (Å²) in [6.45, 7) is 5.65. The molecule has 3 N–H and O–H groups in total. The zero-order chi connectivity index (χ0) is 19.4. The number of nitrogens with one attached hydrogen (secondary N) is 2. The second kappa shape index (κ2) is 7.90. The van der Waals surface area contributed by atoms with Crippen LogP contribution in [0.15, 0.2) is 57.7 Å². The van der Waals surface area contributed by atoms with E-state index in [1.165, 1.54) is 12.3 Å². The third kappa shape index (κ3) is 3.76. The molecule has 0 spiro atoms. The van der Waals surface area contributed by atoms with Crippen molar-refractivity contribution in [2.24, 2.45) is 4.99 Å². The molecule has 0 bridgehead atoms. The fourth-order valence-electron chi connectivity index (χ4n) is 3.03. The summed E-state index contributed by atoms with van der Waals surface area (Å²) < 4.78 is 1.04. The lowest BCUT2D eigenvalue weighted by molar-refractivity contribution is 0.410. The Hall–Kier alpha value is -3.35. The maximum Gasteiger partial charge on any atom is 0.331 e. The SMILES string of the molecule is C=CCn1c(O)c(C=NC(CC)Cc2c[nH]c3ccccc23)c(=O)[nH]c1=O. The molecule has 0 saturated heterocycles. The maximum atomic E-state index is 12.1. The topological polar surface area (TPSA) is 103 Å². The Morgan fingerprint density at radius 1 is 1.33 bits per heavy atom. The van der Waals surface area contributed by atoms with E-state index in [1.807, 2.05) is 31.3 Å². The maximum absolute atomic E-state index is 12.1. The number of hydrogen-bond acceptors (Lipinski definition) is 4. The number of aliphatic imine (C=N–C) groups is 1. The average molecular weight is 366 g/mol. The van der Waals surface area contributed by atoms with Gasteiger partial charge in [0.1, 0.15) is 5.56 Å². The molecule has 140 valence electrons. The highest BCUT2D eigenvalue weighted by molar-refractivity contribution is 5.83. The number of para-hydroxylation sites is 1. The van der Waals surface area contributed by atoms with Gasteiger partial charge in [-0.2, -0.15) is 0 Å². The van der Waals surface area contributed by atoms with Crippen molar-refractivity contribution in [3.8, 4) is 5.88 Å². The Morgan fingerprint density at radius 3 is 2.85 bits per heavy atom. The summed E-state index contributed by atoms with van der Waals surface area (Å²) in [5.41, 5.74) is 0.832. The number of allylic oxidation sites excluding steroid dienone is 1. The number of aromatic hydroxyl groups is 1. The van der Waals surface area contributed by atoms with Crippen molar-refractivity contribution in [1.29, 1.82) is 0 Å². The summed E-state index contributed by atoms with van der Waals surface area (Å²) in [6.07, 6.45) is 6.24. The highest BCUT2D eigenvalue weighted by Gasteiger charge is 2.13. The smallest absolute Gasteiger partial charge is 0.331 e. The Morgan fingerprint density at radius 2 is 2.11 bits per heavy atom. The minimum Gasteiger partial charge on any atom is -0.494 e. The highest BCUT2D eigenvalue weighted by atomic mass is 16.3. The molecule has 3 rings (SSSR count). The van der Waals surface area contributed by atoms with Crippen molar-refractivity contribution in [2.75, 3.05) is 0 Å². The van der Waals surface area contributed by atoms with Gasteiger partial charge in [0, 0.05) is 29.9 Å². The van der Waals surface area contributed by atoms with Crippen LogP contribution < -0.4 is 11.2 Å². The molecule has 0 amide bonds. The standard InChI is InChI=1S/C20H22N4O3/c1-3-9-24-19(26)16(18(25)23-20(24)27)12-21-14(4-2)10-13-11-22-17-8-6-5-7-15(13)17/h3,5-8,11-12,14,22,26H,1,4,9-10H2,2H3,(H,23,25,27). The number of fused-ring (bicyclic) bond motifs is 1. The molecule has 3 aromatic rings. The van der Waals surface area contributed by atoms with E-state index in [0.29, 0.717) is 6.42 Å². The summed E-state index contributed by atoms with van der Waals surface area (Å²) in [4.78, 5) is 33.8. The van der Waals surface area contributed by atoms with E-state index >= 15 is 0 Å². The van der Waals surface area contributed by atoms with Crippen molar-refractivity contribution >= 4 is 17.1 Å². The summed E-state index contributed by atoms with van der Waals surface area (Å²) in [5.74, 6) is -0.408. The number of aromatic nitrogens is 3. The number of hydrogen-bond donors (Lipinski definition) is 3. The first-order valence-electron chi connectivity index (χ1n) is 8.80. The van der Waals surface area contributed by atoms with Crippen molar-refractivity contribution in [1.82, 2.24) is 14.5 Å². The van der Waals surface area contributed by atoms with Gasteiger partial charge in [0.2, 0.25) is 5.88 Å². The van der Waals surface area contributed by atoms with Gasteiger partial charge < -0.3 is 10.1 Å². The quantitative estimate of drug-likeness (QED) is 0.442. The van der Waals surface area contributed by atoms with Crippen LogP contribution in [0.3, 0.4) is 0 Å². The molecule has 0 saturated carbocycles. The first kappa shape index (κ1) is 18.4. The Labute approximate surface area is 155 Å². The van der Waals surface area contributed by atoms with Gasteiger partial charge in [0.25, 0.3) is 5.56 Å². The number of aromatic amines is 2. The molecule has 0 aliphatic heterocycles. The zero-order valence-electron chi connectivity index (χ0n) is 15.1. The van der Waals surface area contributed by atoms with Crippen LogP contribution in [0.2, 0.25) is 0 Å². The third-order valence-corrected chi connectivity index (χ3v) is 4.53. The molecule has 1 aromatic carbocycles. The van der Waals surface area contributed by atoms with Crippen molar-refractivity contribution < 1.29 is 5.11 Å². The van der Waals surface area contributed by atoms with Crippen molar-refractivity contribution in [3.05, 3.63) is 75.1 Å². The van der Waals surface area contributed by atoms with E-state index in [9.17, 15) is 14.7 Å². The molecule has 1 atom stereocenters. The molecule has 2 aromatic heterocycles. The molecule has 0 aliphatic rings. The van der Waals surface area contributed by atoms with E-state index in [2.05, 4.69) is 27.6 Å². The van der Waals surface area contributed by atoms with Crippen LogP contribution in [0.25, 0.3) is 10.9 Å². The van der Waals surface area contributed by atoms with Gasteiger partial charge in [-0.25, -0.2) is 4.79 Å². The van der Waals surface area contributed by atoms with E-state index in [-0.39, 0.29) is 18.2 Å². The molecule has 7 nitrogen and oxygen atoms in total. The molecule has 1 unspecified atom stereocenters. The van der Waals surface area contributed by atoms with Gasteiger partial charge in [0.05, 0.1) is 6.04 Å². The molecular formula is C20H22N4O3. The Kier molecular flexibility index (Phi) is 5.40. The van der Waals surface area contributed by atoms with Crippen LogP contribution in [0.5, 0.6) is 5.88 Å². The summed E-state index contributed by atoms with van der Waals surface area (Å²) >= 11 is 0. The molecular weight excluding hydrogens is 344 g/mol. The fraction of sp³-hybridized carbons (Fsp3) is 0.250. The van der Waals surface area contributed by atoms with Crippen LogP contribution in [-0.4, -0.2) is 31.9 Å². The molecule has 0 radical (unpaired) electrons. The minimum absolute atomic E-state index is 0.0335. The van der Waals surface area contributed by atoms with Gasteiger partial charge in [-0.15, -0.1) is 6.58 Å². The third-order valence-electron chi connectivity index (χ3n) is 4.53. The van der Waals surface area contributed by atoms with E-state index in [1.54, 1.807) is 0 Å². The summed E-state index contributed by atoms with van der Waals surface area (Å²) in [6, 6.07) is 7.97. The fourth-order valence-corrected chi connectivity index (χ4v) is 3.03. The van der Waals surface area contributed by atoms with Crippen LogP contribution in [0.1, 0.15) is 24.5 Å². The monoisotopic (exact) mass is 366 g/mol. The van der Waals surface area contributed by atoms with Crippen LogP contribution >= 0.6 is 0 Å². The van der Waals surface area contributed by atoms with Crippen LogP contribution in [0.4, 0.5) is 0 Å². The summed E-state index contributed by atoms with van der Waals surface area (Å²) in [7, 11) is 0. The van der Waals surface area contributed by atoms with Gasteiger partial charge in [-0.1, -0.05) is 31.2 Å². The number of H-pyrrole nitrogens is 2. The second-order valence-corrected chi connectivity index (χ2v) is 6.30. The first-order valence-corrected chi connectivity index (χ1v) is 8.80. The Bertz CT molecular complexity index is 1100. The predicted molar refractivity (Wildman–Crippen MR) is 107 cm³/mol. The lowest BCUT2D eigenvalue weighted by Gasteiger charge is -2.10. The highest BCUT2D eigenvalue weighted by Crippen LogP contribution is 2.20. The lowest BCUT2D eigenvalue weighted by atomic mass is 10.0. The van der Waals surface area contributed by atoms with E-state index in [0.717, 1.165) is 27.5 Å². The normalized spacial score (nSPS) is 12.6. The zero-order valence-corrected chi connectivity index (χ0v) is 15.1. The van der Waals surface area contributed by atoms with Crippen LogP contribution in [0, 0.1) is 0 Å². The van der Waals surface area contributed by atoms with E-state index in [4.69, 9.17) is 0 Å². The largest absolute Gasteiger partial charge is 0.494 e. The summed E-state index contributed by atoms with van der Waals surface area (Å²) in [5, 5.41) is 11.4. The second-order valence-electron chi connectivity index (χ2n) is 6.30. The van der Waals surface area contributed by atoms with Gasteiger partial charge >= 0.3 is 5.69 Å². The molecule has 27 heavy (non-hydrogen) atoms. The minimum atomic E-state index is -0.680. The van der Waals surface area contributed by atoms with Crippen molar-refractivity contribution in [2.45, 2.75) is 32.4 Å². The van der Waals surface area contributed by atoms with Gasteiger partial charge in [0.15, 0.2) is 0 Å². The molecule has 0 fully saturated rings. The predicted octanol–water partition coefficient (Wildman–Crippen LogP) is 2.35. The molecule has 0 aliphatic carbocycles. The molecule has 2 heterocycles. The van der Waals surface area contributed by atoms with Crippen molar-refractivity contribution in [3.63, 3.8) is 0 Å². The molecule has 7 heteroatoms. The van der Waals surface area contributed by atoms with Crippen LogP contribution in [-0.2, 0) is 13.0 Å². The van der Waals surface area contributed by atoms with Gasteiger partial charge in [-0.05, 0) is 24.5 Å². The average Bonchev–Trinajstić information content (AvgIpc) is 3.06. The van der Waals surface area contributed by atoms with Gasteiger partial charge in [-0.3, -0.25) is 19.3 Å². The lowest BCUT2D eigenvalue weighted by Crippen LogP contribution is -2.32. The Balaban J connectivity index is 1.89. The first-order chi connectivity index (χ1) is 13.0. The number of rotatable bonds is 7. The number of nitrogens with zero attached hydrogens (tertiary/aromatic N) is 2.